The Morgan fingerprint density at radius 2 is 1.67 bits per heavy atom. The van der Waals surface area contributed by atoms with Crippen molar-refractivity contribution in [2.75, 3.05) is 31.8 Å². The highest BCUT2D eigenvalue weighted by Gasteiger charge is 2.16. The number of nitrogens with one attached hydrogen (secondary N) is 1. The Morgan fingerprint density at radius 3 is 2.30 bits per heavy atom. The number of benzene rings is 2. The minimum Gasteiger partial charge on any atom is -0.454 e. The lowest BCUT2D eigenvalue weighted by Gasteiger charge is -2.12. The van der Waals surface area contributed by atoms with E-state index >= 15 is 0 Å². The van der Waals surface area contributed by atoms with Gasteiger partial charge in [-0.3, -0.25) is 14.4 Å². The summed E-state index contributed by atoms with van der Waals surface area (Å²) in [6.07, 6.45) is 0.361. The van der Waals surface area contributed by atoms with E-state index in [0.717, 1.165) is 0 Å². The maximum Gasteiger partial charge on any atom is 0.339 e. The smallest absolute Gasteiger partial charge is 0.339 e. The van der Waals surface area contributed by atoms with Crippen LogP contribution in [-0.2, 0) is 14.3 Å². The molecule has 1 N–H and O–H groups in total. The molecule has 0 aliphatic rings. The van der Waals surface area contributed by atoms with Crippen LogP contribution in [0, 0.1) is 0 Å². The number of rotatable bonds is 9. The highest BCUT2D eigenvalue weighted by Crippen LogP contribution is 2.23. The second-order valence-corrected chi connectivity index (χ2v) is 7.57. The topological polar surface area (TPSA) is 92.8 Å². The van der Waals surface area contributed by atoms with Crippen LogP contribution >= 0.6 is 11.8 Å². The molecule has 0 saturated carbocycles. The largest absolute Gasteiger partial charge is 0.454 e. The van der Waals surface area contributed by atoms with Gasteiger partial charge in [0.1, 0.15) is 0 Å². The highest BCUT2D eigenvalue weighted by atomic mass is 32.2. The lowest BCUT2D eigenvalue weighted by atomic mass is 10.1. The van der Waals surface area contributed by atoms with Crippen molar-refractivity contribution in [3.8, 4) is 0 Å². The van der Waals surface area contributed by atoms with Crippen molar-refractivity contribution in [3.63, 3.8) is 0 Å². The number of Topliss-reactive ketones (excluding diaryl/α,β-unsaturated/α-hetero) is 1. The van der Waals surface area contributed by atoms with Gasteiger partial charge >= 0.3 is 5.97 Å². The van der Waals surface area contributed by atoms with E-state index in [1.807, 2.05) is 0 Å². The summed E-state index contributed by atoms with van der Waals surface area (Å²) >= 11 is 1.24. The van der Waals surface area contributed by atoms with Gasteiger partial charge < -0.3 is 15.0 Å². The molecule has 0 spiro atoms. The molecule has 30 heavy (non-hydrogen) atoms. The first-order valence-corrected chi connectivity index (χ1v) is 10.3. The zero-order chi connectivity index (χ0) is 22.1. The van der Waals surface area contributed by atoms with Gasteiger partial charge in [-0.1, -0.05) is 19.1 Å². The van der Waals surface area contributed by atoms with Crippen LogP contribution in [-0.4, -0.2) is 54.9 Å². The number of ketones is 1. The molecule has 2 amide bonds. The number of thioether (sulfide) groups is 1. The fourth-order valence-electron chi connectivity index (χ4n) is 2.31. The minimum absolute atomic E-state index is 0.0723. The van der Waals surface area contributed by atoms with Crippen molar-refractivity contribution in [2.24, 2.45) is 0 Å². The second kappa shape index (κ2) is 11.2. The fourth-order valence-corrected chi connectivity index (χ4v) is 3.33. The second-order valence-electron chi connectivity index (χ2n) is 6.55. The van der Waals surface area contributed by atoms with Crippen LogP contribution in [0.4, 0.5) is 5.69 Å². The summed E-state index contributed by atoms with van der Waals surface area (Å²) in [6.45, 7) is 1.34. The standard InChI is InChI=1S/C22H24N2O5S/c1-4-20(26)23-16-11-9-15(10-12-16)18(25)13-29-22(28)17-7-5-6-8-19(17)30-14-21(27)24(2)3/h5-12H,4,13-14H2,1-3H3,(H,23,26). The normalized spacial score (nSPS) is 10.2. The number of esters is 1. The number of amides is 2. The Bertz CT molecular complexity index is 925. The molecule has 0 aliphatic heterocycles. The number of anilines is 1. The predicted molar refractivity (Wildman–Crippen MR) is 116 cm³/mol. The van der Waals surface area contributed by atoms with E-state index in [4.69, 9.17) is 4.74 Å². The molecule has 0 fully saturated rings. The van der Waals surface area contributed by atoms with Gasteiger partial charge in [0.2, 0.25) is 11.8 Å². The van der Waals surface area contributed by atoms with Crippen molar-refractivity contribution in [1.82, 2.24) is 4.90 Å². The molecule has 0 atom stereocenters. The van der Waals surface area contributed by atoms with E-state index in [0.29, 0.717) is 28.1 Å². The van der Waals surface area contributed by atoms with Crippen LogP contribution in [0.5, 0.6) is 0 Å². The molecule has 8 heteroatoms. The number of carbonyl (C=O) groups excluding carboxylic acids is 4. The summed E-state index contributed by atoms with van der Waals surface area (Å²) in [5, 5.41) is 2.70. The van der Waals surface area contributed by atoms with Gasteiger partial charge in [0.15, 0.2) is 12.4 Å². The summed E-state index contributed by atoms with van der Waals surface area (Å²) in [6, 6.07) is 13.2. The van der Waals surface area contributed by atoms with Gasteiger partial charge in [0.25, 0.3) is 0 Å². The molecule has 0 saturated heterocycles. The van der Waals surface area contributed by atoms with Crippen LogP contribution in [0.25, 0.3) is 0 Å². The Balaban J connectivity index is 1.96. The number of carbonyl (C=O) groups is 4. The average molecular weight is 429 g/mol. The van der Waals surface area contributed by atoms with Crippen molar-refractivity contribution in [3.05, 3.63) is 59.7 Å². The maximum atomic E-state index is 12.5. The van der Waals surface area contributed by atoms with E-state index in [2.05, 4.69) is 5.32 Å². The Hall–Kier alpha value is -3.13. The quantitative estimate of drug-likeness (QED) is 0.374. The summed E-state index contributed by atoms with van der Waals surface area (Å²) < 4.78 is 5.18. The molecule has 0 bridgehead atoms. The summed E-state index contributed by atoms with van der Waals surface area (Å²) in [5.41, 5.74) is 1.27. The van der Waals surface area contributed by atoms with Gasteiger partial charge in [-0.05, 0) is 36.4 Å². The van der Waals surface area contributed by atoms with E-state index in [9.17, 15) is 19.2 Å². The van der Waals surface area contributed by atoms with E-state index < -0.39 is 12.6 Å². The Labute approximate surface area is 179 Å². The first kappa shape index (κ1) is 23.2. The number of nitrogens with zero attached hydrogens (tertiary/aromatic N) is 1. The average Bonchev–Trinajstić information content (AvgIpc) is 2.76. The molecule has 158 valence electrons. The summed E-state index contributed by atoms with van der Waals surface area (Å²) in [7, 11) is 3.33. The molecule has 0 radical (unpaired) electrons. The fraction of sp³-hybridized carbons (Fsp3) is 0.273. The third kappa shape index (κ3) is 6.73. The van der Waals surface area contributed by atoms with Crippen LogP contribution in [0.15, 0.2) is 53.4 Å². The van der Waals surface area contributed by atoms with Crippen LogP contribution in [0.3, 0.4) is 0 Å². The monoisotopic (exact) mass is 428 g/mol. The molecule has 0 aliphatic carbocycles. The van der Waals surface area contributed by atoms with Gasteiger partial charge in [-0.25, -0.2) is 4.79 Å². The van der Waals surface area contributed by atoms with E-state index in [1.165, 1.54) is 16.7 Å². The van der Waals surface area contributed by atoms with Crippen molar-refractivity contribution in [2.45, 2.75) is 18.2 Å². The summed E-state index contributed by atoms with van der Waals surface area (Å²) in [5.74, 6) is -0.985. The predicted octanol–water partition coefficient (Wildman–Crippen LogP) is 3.26. The van der Waals surface area contributed by atoms with Crippen LogP contribution < -0.4 is 5.32 Å². The van der Waals surface area contributed by atoms with Crippen LogP contribution in [0.2, 0.25) is 0 Å². The zero-order valence-electron chi connectivity index (χ0n) is 17.1. The van der Waals surface area contributed by atoms with E-state index in [1.54, 1.807) is 69.6 Å². The Morgan fingerprint density at radius 1 is 1.00 bits per heavy atom. The lowest BCUT2D eigenvalue weighted by Crippen LogP contribution is -2.23. The van der Waals surface area contributed by atoms with Gasteiger partial charge in [0, 0.05) is 36.7 Å². The first-order valence-electron chi connectivity index (χ1n) is 9.34. The molecule has 0 aromatic heterocycles. The molecule has 2 rings (SSSR count). The highest BCUT2D eigenvalue weighted by molar-refractivity contribution is 8.00. The lowest BCUT2D eigenvalue weighted by molar-refractivity contribution is -0.125. The number of hydrogen-bond donors (Lipinski definition) is 1. The SMILES string of the molecule is CCC(=O)Nc1ccc(C(=O)COC(=O)c2ccccc2SCC(=O)N(C)C)cc1. The maximum absolute atomic E-state index is 12.5. The van der Waals surface area contributed by atoms with Gasteiger partial charge in [0.05, 0.1) is 11.3 Å². The molecular weight excluding hydrogens is 404 g/mol. The molecule has 2 aromatic rings. The third-order valence-corrected chi connectivity index (χ3v) is 5.16. The van der Waals surface area contributed by atoms with Crippen molar-refractivity contribution in [1.29, 1.82) is 0 Å². The molecule has 7 nitrogen and oxygen atoms in total. The molecule has 2 aromatic carbocycles. The summed E-state index contributed by atoms with van der Waals surface area (Å²) in [4.78, 5) is 50.1. The molecule has 0 heterocycles. The Kier molecular flexibility index (Phi) is 8.61. The van der Waals surface area contributed by atoms with Gasteiger partial charge in [-0.15, -0.1) is 11.8 Å². The van der Waals surface area contributed by atoms with Crippen LogP contribution in [0.1, 0.15) is 34.1 Å². The third-order valence-electron chi connectivity index (χ3n) is 4.10. The zero-order valence-corrected chi connectivity index (χ0v) is 18.0. The molecule has 0 unspecified atom stereocenters. The first-order chi connectivity index (χ1) is 14.3. The van der Waals surface area contributed by atoms with Crippen molar-refractivity contribution < 1.29 is 23.9 Å². The number of hydrogen-bond acceptors (Lipinski definition) is 6. The van der Waals surface area contributed by atoms with E-state index in [-0.39, 0.29) is 23.4 Å². The minimum atomic E-state index is -0.629. The van der Waals surface area contributed by atoms with Gasteiger partial charge in [-0.2, -0.15) is 0 Å². The molecular formula is C22H24N2O5S. The number of ether oxygens (including phenoxy) is 1. The van der Waals surface area contributed by atoms with Crippen molar-refractivity contribution >= 4 is 41.0 Å².